The first-order valence-electron chi connectivity index (χ1n) is 8.12. The average molecular weight is 348 g/mol. The predicted octanol–water partition coefficient (Wildman–Crippen LogP) is 3.56. The number of carbonyl (C=O) groups excluding carboxylic acids is 1. The maximum atomic E-state index is 14.2. The van der Waals surface area contributed by atoms with E-state index in [1.54, 1.807) is 29.0 Å². The van der Waals surface area contributed by atoms with E-state index >= 15 is 0 Å². The number of aryl methyl sites for hydroxylation is 1. The van der Waals surface area contributed by atoms with E-state index in [2.05, 4.69) is 15.6 Å². The van der Waals surface area contributed by atoms with E-state index in [-0.39, 0.29) is 11.8 Å². The zero-order valence-corrected chi connectivity index (χ0v) is 14.5. The Balaban J connectivity index is 1.50. The van der Waals surface area contributed by atoms with Crippen LogP contribution in [0.3, 0.4) is 0 Å². The molecule has 2 heterocycles. The number of nitrogens with one attached hydrogen (secondary N) is 2. The van der Waals surface area contributed by atoms with Crippen molar-refractivity contribution in [3.8, 4) is 0 Å². The molecule has 1 aliphatic rings. The summed E-state index contributed by atoms with van der Waals surface area (Å²) in [6, 6.07) is 4.52. The van der Waals surface area contributed by atoms with Crippen LogP contribution in [0.2, 0.25) is 0 Å². The van der Waals surface area contributed by atoms with E-state index in [9.17, 15) is 9.18 Å². The second-order valence-electron chi connectivity index (χ2n) is 5.85. The molecule has 2 aromatic rings. The van der Waals surface area contributed by atoms with Gasteiger partial charge in [-0.1, -0.05) is 0 Å². The number of benzene rings is 1. The molecule has 1 saturated heterocycles. The number of hydrogen-bond donors (Lipinski definition) is 2. The second-order valence-corrected chi connectivity index (χ2v) is 6.79. The fraction of sp³-hybridized carbons (Fsp3) is 0.412. The van der Waals surface area contributed by atoms with Gasteiger partial charge in [0, 0.05) is 36.6 Å². The maximum Gasteiger partial charge on any atom is 0.319 e. The van der Waals surface area contributed by atoms with Crippen LogP contribution in [0.25, 0.3) is 0 Å². The topological polar surface area (TPSA) is 57.3 Å². The van der Waals surface area contributed by atoms with Gasteiger partial charge in [0.25, 0.3) is 0 Å². The van der Waals surface area contributed by atoms with Gasteiger partial charge < -0.3 is 15.5 Å². The normalized spacial score (nSPS) is 14.0. The van der Waals surface area contributed by atoms with Crippen molar-refractivity contribution < 1.29 is 9.18 Å². The molecule has 2 N–H and O–H groups in total. The van der Waals surface area contributed by atoms with Crippen molar-refractivity contribution >= 4 is 28.7 Å². The van der Waals surface area contributed by atoms with Crippen molar-refractivity contribution in [3.63, 3.8) is 0 Å². The van der Waals surface area contributed by atoms with Crippen LogP contribution in [0.4, 0.5) is 20.6 Å². The summed E-state index contributed by atoms with van der Waals surface area (Å²) >= 11 is 1.58. The summed E-state index contributed by atoms with van der Waals surface area (Å²) in [6.45, 7) is 4.25. The van der Waals surface area contributed by atoms with Gasteiger partial charge in [0.05, 0.1) is 16.9 Å². The van der Waals surface area contributed by atoms with Crippen LogP contribution in [-0.4, -0.2) is 30.6 Å². The van der Waals surface area contributed by atoms with E-state index in [0.717, 1.165) is 42.9 Å². The number of carbonyl (C=O) groups is 1. The Kier molecular flexibility index (Phi) is 5.30. The lowest BCUT2D eigenvalue weighted by atomic mass is 10.2. The molecule has 0 saturated carbocycles. The van der Waals surface area contributed by atoms with E-state index in [4.69, 9.17) is 0 Å². The third kappa shape index (κ3) is 4.03. The Labute approximate surface area is 144 Å². The van der Waals surface area contributed by atoms with Crippen LogP contribution in [0.5, 0.6) is 0 Å². The summed E-state index contributed by atoms with van der Waals surface area (Å²) in [5.41, 5.74) is 3.87. The van der Waals surface area contributed by atoms with Crippen LogP contribution in [-0.2, 0) is 6.42 Å². The summed E-state index contributed by atoms with van der Waals surface area (Å²) in [4.78, 5) is 19.3. The van der Waals surface area contributed by atoms with Gasteiger partial charge in [0.1, 0.15) is 5.82 Å². The number of rotatable bonds is 5. The molecule has 1 aromatic carbocycles. The lowest BCUT2D eigenvalue weighted by Gasteiger charge is -2.18. The van der Waals surface area contributed by atoms with Crippen LogP contribution >= 0.6 is 11.3 Å². The molecule has 0 bridgehead atoms. The minimum absolute atomic E-state index is 0.296. The molecule has 0 radical (unpaired) electrons. The number of amides is 2. The van der Waals surface area contributed by atoms with Crippen LogP contribution < -0.4 is 15.5 Å². The average Bonchev–Trinajstić information content (AvgIpc) is 3.20. The van der Waals surface area contributed by atoms with E-state index in [1.807, 2.05) is 11.8 Å². The summed E-state index contributed by atoms with van der Waals surface area (Å²) < 4.78 is 14.2. The van der Waals surface area contributed by atoms with E-state index < -0.39 is 0 Å². The fourth-order valence-corrected chi connectivity index (χ4v) is 3.61. The number of aromatic nitrogens is 1. The minimum Gasteiger partial charge on any atom is -0.369 e. The molecule has 1 aliphatic heterocycles. The number of halogens is 1. The summed E-state index contributed by atoms with van der Waals surface area (Å²) in [5, 5.41) is 5.46. The third-order valence-electron chi connectivity index (χ3n) is 4.13. The van der Waals surface area contributed by atoms with Gasteiger partial charge in [-0.2, -0.15) is 0 Å². The Bertz CT molecular complexity index is 712. The van der Waals surface area contributed by atoms with Crippen molar-refractivity contribution in [3.05, 3.63) is 40.1 Å². The molecule has 1 fully saturated rings. The molecule has 3 rings (SSSR count). The lowest BCUT2D eigenvalue weighted by molar-refractivity contribution is 0.252. The molecule has 2 amide bonds. The molecule has 0 unspecified atom stereocenters. The van der Waals surface area contributed by atoms with Gasteiger partial charge in [-0.25, -0.2) is 14.2 Å². The Morgan fingerprint density at radius 2 is 2.17 bits per heavy atom. The number of anilines is 2. The maximum absolute atomic E-state index is 14.2. The lowest BCUT2D eigenvalue weighted by Crippen LogP contribution is -2.30. The van der Waals surface area contributed by atoms with Gasteiger partial charge in [0.2, 0.25) is 0 Å². The molecule has 7 heteroatoms. The monoisotopic (exact) mass is 348 g/mol. The zero-order valence-electron chi connectivity index (χ0n) is 13.6. The number of thiazole rings is 1. The van der Waals surface area contributed by atoms with E-state index in [0.29, 0.717) is 17.9 Å². The molecule has 5 nitrogen and oxygen atoms in total. The van der Waals surface area contributed by atoms with Crippen LogP contribution in [0, 0.1) is 12.7 Å². The highest BCUT2D eigenvalue weighted by atomic mass is 32.1. The second kappa shape index (κ2) is 7.61. The van der Waals surface area contributed by atoms with Crippen molar-refractivity contribution in [2.75, 3.05) is 29.9 Å². The van der Waals surface area contributed by atoms with Crippen molar-refractivity contribution in [1.29, 1.82) is 0 Å². The SMILES string of the molecule is Cc1ncsc1CCNC(=O)Nc1ccc(N2CCCC2)c(F)c1. The minimum atomic E-state index is -0.328. The zero-order chi connectivity index (χ0) is 16.9. The third-order valence-corrected chi connectivity index (χ3v) is 5.13. The van der Waals surface area contributed by atoms with Gasteiger partial charge in [-0.15, -0.1) is 11.3 Å². The van der Waals surface area contributed by atoms with Gasteiger partial charge in [0.15, 0.2) is 0 Å². The van der Waals surface area contributed by atoms with Gasteiger partial charge >= 0.3 is 6.03 Å². The summed E-state index contributed by atoms with van der Waals surface area (Å²) in [6.07, 6.45) is 2.94. The highest BCUT2D eigenvalue weighted by molar-refractivity contribution is 7.09. The highest BCUT2D eigenvalue weighted by Crippen LogP contribution is 2.26. The Morgan fingerprint density at radius 3 is 2.83 bits per heavy atom. The standard InChI is InChI=1S/C17H21FN4OS/c1-12-16(24-11-20-12)6-7-19-17(23)21-13-4-5-15(14(18)10-13)22-8-2-3-9-22/h4-5,10-11H,2-3,6-9H2,1H3,(H2,19,21,23). The fourth-order valence-electron chi connectivity index (χ4n) is 2.83. The molecule has 0 atom stereocenters. The van der Waals surface area contributed by atoms with Crippen LogP contribution in [0.15, 0.2) is 23.7 Å². The molecule has 128 valence electrons. The summed E-state index contributed by atoms with van der Waals surface area (Å²) in [7, 11) is 0. The predicted molar refractivity (Wildman–Crippen MR) is 95.4 cm³/mol. The summed E-state index contributed by atoms with van der Waals surface area (Å²) in [5.74, 6) is -0.296. The Morgan fingerprint density at radius 1 is 1.38 bits per heavy atom. The number of hydrogen-bond acceptors (Lipinski definition) is 4. The first kappa shape index (κ1) is 16.7. The quantitative estimate of drug-likeness (QED) is 0.869. The molecular weight excluding hydrogens is 327 g/mol. The van der Waals surface area contributed by atoms with Crippen molar-refractivity contribution in [2.45, 2.75) is 26.2 Å². The Hall–Kier alpha value is -2.15. The smallest absolute Gasteiger partial charge is 0.319 e. The van der Waals surface area contributed by atoms with E-state index in [1.165, 1.54) is 6.07 Å². The first-order valence-corrected chi connectivity index (χ1v) is 9.00. The van der Waals surface area contributed by atoms with Gasteiger partial charge in [-0.05, 0) is 38.0 Å². The molecule has 0 aliphatic carbocycles. The molecule has 1 aromatic heterocycles. The highest BCUT2D eigenvalue weighted by Gasteiger charge is 2.16. The number of urea groups is 1. The molecule has 0 spiro atoms. The van der Waals surface area contributed by atoms with Crippen LogP contribution in [0.1, 0.15) is 23.4 Å². The van der Waals surface area contributed by atoms with Gasteiger partial charge in [-0.3, -0.25) is 0 Å². The number of nitrogens with zero attached hydrogens (tertiary/aromatic N) is 2. The largest absolute Gasteiger partial charge is 0.369 e. The van der Waals surface area contributed by atoms with Crippen molar-refractivity contribution in [2.24, 2.45) is 0 Å². The molecule has 24 heavy (non-hydrogen) atoms. The van der Waals surface area contributed by atoms with Crippen molar-refractivity contribution in [1.82, 2.24) is 10.3 Å². The first-order chi connectivity index (χ1) is 11.6. The molecular formula is C17H21FN4OS.